The Labute approximate surface area is 203 Å². The number of hydrogen-bond donors (Lipinski definition) is 3. The number of ether oxygens (including phenoxy) is 1. The van der Waals surface area contributed by atoms with Gasteiger partial charge >= 0.3 is 12.1 Å². The lowest BCUT2D eigenvalue weighted by Crippen LogP contribution is -2.40. The second kappa shape index (κ2) is 10.3. The number of rotatable bonds is 8. The lowest BCUT2D eigenvalue weighted by atomic mass is 9.98. The van der Waals surface area contributed by atoms with Crippen molar-refractivity contribution in [3.05, 3.63) is 102 Å². The monoisotopic (exact) mass is 470 g/mol. The second-order valence-electron chi connectivity index (χ2n) is 8.37. The lowest BCUT2D eigenvalue weighted by Gasteiger charge is -2.16. The van der Waals surface area contributed by atoms with Gasteiger partial charge in [-0.05, 0) is 59.4 Å². The van der Waals surface area contributed by atoms with Crippen LogP contribution in [0, 0.1) is 6.92 Å². The highest BCUT2D eigenvalue weighted by Gasteiger charge is 2.29. The third-order valence-corrected chi connectivity index (χ3v) is 6.07. The maximum absolute atomic E-state index is 12.6. The van der Waals surface area contributed by atoms with E-state index >= 15 is 0 Å². The van der Waals surface area contributed by atoms with Crippen LogP contribution in [0.25, 0.3) is 11.1 Å². The molecule has 0 spiro atoms. The number of carbonyl (C=O) groups is 3. The van der Waals surface area contributed by atoms with Crippen LogP contribution in [0.1, 0.15) is 39.4 Å². The van der Waals surface area contributed by atoms with Crippen molar-refractivity contribution in [2.75, 3.05) is 11.9 Å². The van der Waals surface area contributed by atoms with E-state index in [-0.39, 0.29) is 24.5 Å². The Morgan fingerprint density at radius 2 is 1.66 bits per heavy atom. The van der Waals surface area contributed by atoms with Crippen LogP contribution in [-0.4, -0.2) is 35.7 Å². The summed E-state index contributed by atoms with van der Waals surface area (Å²) in [4.78, 5) is 36.3. The second-order valence-corrected chi connectivity index (χ2v) is 8.37. The normalized spacial score (nSPS) is 12.7. The van der Waals surface area contributed by atoms with Crippen molar-refractivity contribution < 1.29 is 24.2 Å². The fourth-order valence-electron chi connectivity index (χ4n) is 4.32. The van der Waals surface area contributed by atoms with Gasteiger partial charge in [0.25, 0.3) is 5.91 Å². The summed E-state index contributed by atoms with van der Waals surface area (Å²) in [5, 5.41) is 14.4. The highest BCUT2D eigenvalue weighted by atomic mass is 16.5. The number of aliphatic carboxylic acids is 1. The molecule has 35 heavy (non-hydrogen) atoms. The molecule has 0 heterocycles. The first kappa shape index (κ1) is 23.8. The third kappa shape index (κ3) is 5.09. The molecule has 0 aromatic heterocycles. The van der Waals surface area contributed by atoms with Gasteiger partial charge in [-0.3, -0.25) is 10.1 Å². The van der Waals surface area contributed by atoms with E-state index in [0.29, 0.717) is 11.3 Å². The number of fused-ring (bicyclic) bond motifs is 3. The van der Waals surface area contributed by atoms with E-state index in [1.165, 1.54) is 12.1 Å². The Balaban J connectivity index is 1.40. The fourth-order valence-corrected chi connectivity index (χ4v) is 4.32. The smallest absolute Gasteiger partial charge is 0.411 e. The van der Waals surface area contributed by atoms with Crippen LogP contribution >= 0.6 is 0 Å². The molecule has 0 bridgehead atoms. The Kier molecular flexibility index (Phi) is 6.96. The van der Waals surface area contributed by atoms with Crippen molar-refractivity contribution in [2.24, 2.45) is 0 Å². The number of anilines is 1. The maximum Gasteiger partial charge on any atom is 0.411 e. The number of benzene rings is 3. The van der Waals surface area contributed by atoms with Crippen LogP contribution in [0.3, 0.4) is 0 Å². The van der Waals surface area contributed by atoms with Gasteiger partial charge in [0.1, 0.15) is 12.6 Å². The van der Waals surface area contributed by atoms with Crippen LogP contribution in [-0.2, 0) is 9.53 Å². The molecule has 0 saturated heterocycles. The molecule has 0 radical (unpaired) electrons. The van der Waals surface area contributed by atoms with Crippen LogP contribution in [0.15, 0.2) is 79.4 Å². The average Bonchev–Trinajstić information content (AvgIpc) is 3.17. The number of nitrogens with one attached hydrogen (secondary N) is 2. The summed E-state index contributed by atoms with van der Waals surface area (Å²) in [6, 6.07) is 19.9. The van der Waals surface area contributed by atoms with Gasteiger partial charge in [-0.15, -0.1) is 6.58 Å². The quantitative estimate of drug-likeness (QED) is 0.397. The van der Waals surface area contributed by atoms with Crippen LogP contribution < -0.4 is 10.6 Å². The lowest BCUT2D eigenvalue weighted by molar-refractivity contribution is -0.139. The molecule has 1 unspecified atom stereocenters. The number of hydrogen-bond acceptors (Lipinski definition) is 4. The number of carboxylic acids is 1. The largest absolute Gasteiger partial charge is 0.480 e. The number of carbonyl (C=O) groups excluding carboxylic acids is 2. The Morgan fingerprint density at radius 1 is 1.03 bits per heavy atom. The minimum Gasteiger partial charge on any atom is -0.480 e. The van der Waals surface area contributed by atoms with Gasteiger partial charge in [-0.2, -0.15) is 0 Å². The van der Waals surface area contributed by atoms with Crippen molar-refractivity contribution in [1.82, 2.24) is 5.32 Å². The van der Waals surface area contributed by atoms with E-state index in [1.54, 1.807) is 19.1 Å². The van der Waals surface area contributed by atoms with Gasteiger partial charge in [-0.25, -0.2) is 9.59 Å². The minimum atomic E-state index is -1.14. The minimum absolute atomic E-state index is 0.0435. The zero-order chi connectivity index (χ0) is 24.9. The molecule has 7 heteroatoms. The molecule has 1 aliphatic rings. The SMILES string of the molecule is C=CCC(NC(=O)c1ccc(NC(=O)OCC2c3ccccc3-c3ccccc32)c(C)c1)C(=O)O. The average molecular weight is 471 g/mol. The molecule has 1 aliphatic carbocycles. The molecule has 4 rings (SSSR count). The molecule has 0 fully saturated rings. The van der Waals surface area contributed by atoms with E-state index in [0.717, 1.165) is 22.3 Å². The molecule has 0 aliphatic heterocycles. The highest BCUT2D eigenvalue weighted by Crippen LogP contribution is 2.44. The Bertz CT molecular complexity index is 1250. The van der Waals surface area contributed by atoms with Gasteiger partial charge in [0.15, 0.2) is 0 Å². The predicted molar refractivity (Wildman–Crippen MR) is 134 cm³/mol. The summed E-state index contributed by atoms with van der Waals surface area (Å²) < 4.78 is 5.58. The summed E-state index contributed by atoms with van der Waals surface area (Å²) >= 11 is 0. The molecule has 3 N–H and O–H groups in total. The van der Waals surface area contributed by atoms with Crippen molar-refractivity contribution in [2.45, 2.75) is 25.3 Å². The fraction of sp³-hybridized carbons (Fsp3) is 0.179. The van der Waals surface area contributed by atoms with Crippen molar-refractivity contribution in [3.63, 3.8) is 0 Å². The van der Waals surface area contributed by atoms with Gasteiger partial charge in [0, 0.05) is 17.2 Å². The Morgan fingerprint density at radius 3 is 2.23 bits per heavy atom. The molecular formula is C28H26N2O5. The molecule has 0 saturated carbocycles. The molecule has 1 atom stereocenters. The van der Waals surface area contributed by atoms with E-state index in [2.05, 4.69) is 41.5 Å². The van der Waals surface area contributed by atoms with Gasteiger partial charge in [0.2, 0.25) is 0 Å². The molecule has 178 valence electrons. The molecule has 7 nitrogen and oxygen atoms in total. The number of amides is 2. The summed E-state index contributed by atoms with van der Waals surface area (Å²) in [5.74, 6) is -1.70. The summed E-state index contributed by atoms with van der Waals surface area (Å²) in [5.41, 5.74) is 5.99. The van der Waals surface area contributed by atoms with Gasteiger partial charge < -0.3 is 15.2 Å². The van der Waals surface area contributed by atoms with Crippen LogP contribution in [0.2, 0.25) is 0 Å². The first-order chi connectivity index (χ1) is 16.9. The van der Waals surface area contributed by atoms with Gasteiger partial charge in [-0.1, -0.05) is 54.6 Å². The topological polar surface area (TPSA) is 105 Å². The van der Waals surface area contributed by atoms with E-state index in [4.69, 9.17) is 4.74 Å². The Hall–Kier alpha value is -4.39. The van der Waals surface area contributed by atoms with Crippen molar-refractivity contribution in [1.29, 1.82) is 0 Å². The highest BCUT2D eigenvalue weighted by molar-refractivity contribution is 5.97. The maximum atomic E-state index is 12.6. The molecular weight excluding hydrogens is 444 g/mol. The number of carboxylic acid groups (broad SMARTS) is 1. The zero-order valence-corrected chi connectivity index (χ0v) is 19.3. The van der Waals surface area contributed by atoms with Crippen molar-refractivity contribution >= 4 is 23.7 Å². The van der Waals surface area contributed by atoms with E-state index < -0.39 is 24.0 Å². The first-order valence-electron chi connectivity index (χ1n) is 11.3. The molecule has 3 aromatic rings. The third-order valence-electron chi connectivity index (χ3n) is 6.07. The van der Waals surface area contributed by atoms with Gasteiger partial charge in [0.05, 0.1) is 0 Å². The van der Waals surface area contributed by atoms with Crippen LogP contribution in [0.4, 0.5) is 10.5 Å². The summed E-state index contributed by atoms with van der Waals surface area (Å²) in [6.07, 6.45) is 0.955. The van der Waals surface area contributed by atoms with E-state index in [9.17, 15) is 19.5 Å². The molecule has 2 amide bonds. The number of aryl methyl sites for hydroxylation is 1. The zero-order valence-electron chi connectivity index (χ0n) is 19.3. The molecule has 3 aromatic carbocycles. The summed E-state index contributed by atoms with van der Waals surface area (Å²) in [6.45, 7) is 5.45. The first-order valence-corrected chi connectivity index (χ1v) is 11.3. The predicted octanol–water partition coefficient (Wildman–Crippen LogP) is 5.12. The van der Waals surface area contributed by atoms with Crippen molar-refractivity contribution in [3.8, 4) is 11.1 Å². The standard InChI is InChI=1S/C28H26N2O5/c1-3-8-25(27(32)33)29-26(31)18-13-14-24(17(2)15-18)30-28(34)35-16-23-21-11-6-4-9-19(21)20-10-5-7-12-22(20)23/h3-7,9-15,23,25H,1,8,16H2,2H3,(H,29,31)(H,30,34)(H,32,33). The van der Waals surface area contributed by atoms with Crippen LogP contribution in [0.5, 0.6) is 0 Å². The summed E-state index contributed by atoms with van der Waals surface area (Å²) in [7, 11) is 0. The van der Waals surface area contributed by atoms with E-state index in [1.807, 2.05) is 24.3 Å².